The van der Waals surface area contributed by atoms with Gasteiger partial charge in [-0.15, -0.1) is 0 Å². The molecule has 0 amide bonds. The van der Waals surface area contributed by atoms with Crippen LogP contribution in [0, 0.1) is 22.9 Å². The number of ketones is 1. The van der Waals surface area contributed by atoms with Gasteiger partial charge in [0, 0.05) is 38.1 Å². The van der Waals surface area contributed by atoms with Gasteiger partial charge in [0.15, 0.2) is 17.4 Å². The molecule has 1 saturated heterocycles. The Kier molecular flexibility index (Phi) is 9.58. The van der Waals surface area contributed by atoms with Crippen molar-refractivity contribution in [3.8, 4) is 0 Å². The van der Waals surface area contributed by atoms with Gasteiger partial charge in [-0.3, -0.25) is 18.9 Å². The number of rotatable bonds is 12. The van der Waals surface area contributed by atoms with Gasteiger partial charge in [-0.25, -0.2) is 13.2 Å². The van der Waals surface area contributed by atoms with Gasteiger partial charge >= 0.3 is 5.97 Å². The average Bonchev–Trinajstić information content (AvgIpc) is 3.35. The van der Waals surface area contributed by atoms with Gasteiger partial charge in [0.1, 0.15) is 17.9 Å². The van der Waals surface area contributed by atoms with Gasteiger partial charge in [0.2, 0.25) is 0 Å². The van der Waals surface area contributed by atoms with Gasteiger partial charge in [0.25, 0.3) is 0 Å². The Balaban J connectivity index is 1.55. The van der Waals surface area contributed by atoms with Gasteiger partial charge in [-0.2, -0.15) is 0 Å². The van der Waals surface area contributed by atoms with Crippen molar-refractivity contribution in [2.75, 3.05) is 37.8 Å². The highest BCUT2D eigenvalue weighted by Crippen LogP contribution is 2.39. The van der Waals surface area contributed by atoms with E-state index in [4.69, 9.17) is 0 Å². The molecule has 9 heteroatoms. The third-order valence-electron chi connectivity index (χ3n) is 7.14. The topological polar surface area (TPSA) is 49.9 Å². The number of ether oxygens (including phenoxy) is 1. The lowest BCUT2D eigenvalue weighted by atomic mass is 9.87. The summed E-state index contributed by atoms with van der Waals surface area (Å²) in [4.78, 5) is 27.3. The quantitative estimate of drug-likeness (QED) is 0.0886. The molecule has 1 heterocycles. The second-order valence-corrected chi connectivity index (χ2v) is 10.2. The summed E-state index contributed by atoms with van der Waals surface area (Å²) in [6.07, 6.45) is -0.538. The zero-order valence-electron chi connectivity index (χ0n) is 22.3. The third-order valence-corrected chi connectivity index (χ3v) is 7.14. The second kappa shape index (κ2) is 13.1. The lowest BCUT2D eigenvalue weighted by molar-refractivity contribution is -0.141. The van der Waals surface area contributed by atoms with E-state index in [9.17, 15) is 18.4 Å². The average molecular weight is 557 g/mol. The van der Waals surface area contributed by atoms with Crippen LogP contribution in [-0.4, -0.2) is 49.6 Å². The van der Waals surface area contributed by atoms with E-state index in [1.807, 2.05) is 60.7 Å². The molecule has 1 aliphatic heterocycles. The van der Waals surface area contributed by atoms with Crippen molar-refractivity contribution in [2.24, 2.45) is 5.41 Å². The Morgan fingerprint density at radius 1 is 0.950 bits per heavy atom. The van der Waals surface area contributed by atoms with Gasteiger partial charge in [0.05, 0.1) is 18.8 Å². The number of anilines is 1. The van der Waals surface area contributed by atoms with Crippen LogP contribution in [0.3, 0.4) is 0 Å². The van der Waals surface area contributed by atoms with E-state index in [0.29, 0.717) is 32.1 Å². The predicted molar refractivity (Wildman–Crippen MR) is 144 cm³/mol. The highest BCUT2D eigenvalue weighted by atomic mass is 19.2. The van der Waals surface area contributed by atoms with Gasteiger partial charge in [-0.1, -0.05) is 60.7 Å². The molecule has 5 nitrogen and oxygen atoms in total. The summed E-state index contributed by atoms with van der Waals surface area (Å²) in [5.41, 5.74) is -0.357. The lowest BCUT2D eigenvalue weighted by Gasteiger charge is -2.34. The summed E-state index contributed by atoms with van der Waals surface area (Å²) in [7, 11) is 0. The predicted octanol–water partition coefficient (Wildman–Crippen LogP) is 6.11. The fourth-order valence-electron chi connectivity index (χ4n) is 5.25. The smallest absolute Gasteiger partial charge is 0.313 e. The first-order valence-corrected chi connectivity index (χ1v) is 13.2. The van der Waals surface area contributed by atoms with Crippen molar-refractivity contribution < 1.29 is 31.9 Å². The molecule has 0 unspecified atom stereocenters. The molecule has 0 N–H and O–H groups in total. The summed E-state index contributed by atoms with van der Waals surface area (Å²) >= 11 is 0. The number of halogens is 4. The van der Waals surface area contributed by atoms with Crippen LogP contribution in [-0.2, 0) is 22.6 Å². The number of hydrogen-bond donors (Lipinski definition) is 0. The van der Waals surface area contributed by atoms with Crippen molar-refractivity contribution in [1.82, 2.24) is 4.90 Å². The van der Waals surface area contributed by atoms with Crippen LogP contribution in [0.25, 0.3) is 0 Å². The van der Waals surface area contributed by atoms with E-state index >= 15 is 8.78 Å². The molecule has 1 aliphatic rings. The summed E-state index contributed by atoms with van der Waals surface area (Å²) in [6, 6.07) is 20.1. The minimum Gasteiger partial charge on any atom is -0.466 e. The Morgan fingerprint density at radius 2 is 1.55 bits per heavy atom. The maximum Gasteiger partial charge on any atom is 0.313 e. The third kappa shape index (κ3) is 6.88. The Labute approximate surface area is 231 Å². The molecule has 0 saturated carbocycles. The Morgan fingerprint density at radius 3 is 2.10 bits per heavy atom. The first-order chi connectivity index (χ1) is 19.2. The molecule has 0 aliphatic carbocycles. The van der Waals surface area contributed by atoms with E-state index in [-0.39, 0.29) is 19.7 Å². The normalized spacial score (nSPS) is 16.9. The van der Waals surface area contributed by atoms with Crippen LogP contribution >= 0.6 is 0 Å². The summed E-state index contributed by atoms with van der Waals surface area (Å²) in [6.45, 7) is 2.29. The van der Waals surface area contributed by atoms with Crippen molar-refractivity contribution in [3.63, 3.8) is 0 Å². The van der Waals surface area contributed by atoms with Gasteiger partial charge in [-0.05, 0) is 30.5 Å². The van der Waals surface area contributed by atoms with Crippen LogP contribution in [0.2, 0.25) is 0 Å². The van der Waals surface area contributed by atoms with E-state index in [1.54, 1.807) is 0 Å². The summed E-state index contributed by atoms with van der Waals surface area (Å²) in [5, 5.41) is 0. The van der Waals surface area contributed by atoms with Gasteiger partial charge < -0.3 is 9.64 Å². The first-order valence-electron chi connectivity index (χ1n) is 13.2. The zero-order chi connectivity index (χ0) is 28.7. The summed E-state index contributed by atoms with van der Waals surface area (Å²) in [5.74, 6) is -6.23. The van der Waals surface area contributed by atoms with Crippen LogP contribution in [0.5, 0.6) is 0 Å². The molecule has 1 atom stereocenters. The number of alkyl halides is 1. The molecule has 0 aromatic heterocycles. The molecule has 0 radical (unpaired) electrons. The maximum absolute atomic E-state index is 15.2. The number of Topliss-reactive ketones (excluding diaryl/α,β-unsaturated/α-hetero) is 1. The van der Waals surface area contributed by atoms with E-state index in [1.165, 1.54) is 11.8 Å². The van der Waals surface area contributed by atoms with Crippen molar-refractivity contribution >= 4 is 17.4 Å². The molecular weight excluding hydrogens is 524 g/mol. The van der Waals surface area contributed by atoms with Crippen LogP contribution in [0.4, 0.5) is 23.2 Å². The van der Waals surface area contributed by atoms with Crippen LogP contribution in [0.15, 0.2) is 66.7 Å². The molecule has 1 fully saturated rings. The van der Waals surface area contributed by atoms with E-state index < -0.39 is 59.0 Å². The van der Waals surface area contributed by atoms with Crippen molar-refractivity contribution in [1.29, 1.82) is 0 Å². The van der Waals surface area contributed by atoms with E-state index in [2.05, 4.69) is 9.64 Å². The minimum atomic E-state index is -1.54. The number of hydrogen-bond acceptors (Lipinski definition) is 5. The largest absolute Gasteiger partial charge is 0.466 e. The molecule has 3 aromatic rings. The standard InChI is InChI=1S/C31H32F4N2O3/c1-2-40-27(39)16-26(38)24-15-25(33)30(29(35)28(24)34)37-14-13-31(19-32,21-37)20-36(17-22-9-5-3-6-10-22)18-23-11-7-4-8-12-23/h3-12,15H,2,13-14,16-21H2,1H3/t31-/m0/s1. The minimum absolute atomic E-state index is 0.00959. The van der Waals surface area contributed by atoms with Crippen LogP contribution in [0.1, 0.15) is 41.3 Å². The van der Waals surface area contributed by atoms with Crippen LogP contribution < -0.4 is 4.90 Å². The highest BCUT2D eigenvalue weighted by molar-refractivity contribution is 6.06. The molecule has 40 heavy (non-hydrogen) atoms. The Hall–Kier alpha value is -3.72. The molecule has 3 aromatic carbocycles. The SMILES string of the molecule is CCOC(=O)CC(=O)c1cc(F)c(N2CC[C@](CF)(CN(Cc3ccccc3)Cc3ccccc3)C2)c(F)c1F. The highest BCUT2D eigenvalue weighted by Gasteiger charge is 2.42. The monoisotopic (exact) mass is 556 g/mol. The number of benzene rings is 3. The number of carbonyl (C=O) groups is 2. The number of carbonyl (C=O) groups excluding carboxylic acids is 2. The molecular formula is C31H32F4N2O3. The van der Waals surface area contributed by atoms with E-state index in [0.717, 1.165) is 11.1 Å². The molecule has 0 spiro atoms. The van der Waals surface area contributed by atoms with Crippen molar-refractivity contribution in [2.45, 2.75) is 32.9 Å². The second-order valence-electron chi connectivity index (χ2n) is 10.2. The molecule has 212 valence electrons. The molecule has 0 bridgehead atoms. The molecule has 4 rings (SSSR count). The fraction of sp³-hybridized carbons (Fsp3) is 0.355. The Bertz CT molecular complexity index is 1280. The zero-order valence-corrected chi connectivity index (χ0v) is 22.3. The van der Waals surface area contributed by atoms with Crippen molar-refractivity contribution in [3.05, 3.63) is 101 Å². The first kappa shape index (κ1) is 29.3. The number of esters is 1. The summed E-state index contributed by atoms with van der Waals surface area (Å²) < 4.78 is 64.6. The maximum atomic E-state index is 15.2. The number of nitrogens with zero attached hydrogens (tertiary/aromatic N) is 2. The fourth-order valence-corrected chi connectivity index (χ4v) is 5.25. The lowest BCUT2D eigenvalue weighted by Crippen LogP contribution is -2.41.